The molecule has 0 atom stereocenters. The van der Waals surface area contributed by atoms with Crippen molar-refractivity contribution >= 4 is 17.5 Å². The van der Waals surface area contributed by atoms with Crippen LogP contribution in [0.15, 0.2) is 48.5 Å². The van der Waals surface area contributed by atoms with Gasteiger partial charge in [-0.25, -0.2) is 0 Å². The van der Waals surface area contributed by atoms with Crippen LogP contribution in [-0.4, -0.2) is 44.7 Å². The molecule has 0 radical (unpaired) electrons. The van der Waals surface area contributed by atoms with Gasteiger partial charge in [0.15, 0.2) is 6.61 Å². The molecular weight excluding hydrogens is 330 g/mol. The third-order valence-corrected chi connectivity index (χ3v) is 3.57. The summed E-state index contributed by atoms with van der Waals surface area (Å²) in [5, 5.41) is 0.616. The summed E-state index contributed by atoms with van der Waals surface area (Å²) in [6, 6.07) is 14.2. The number of carbonyl (C=O) groups excluding carboxylic acids is 1. The predicted octanol–water partition coefficient (Wildman–Crippen LogP) is 3.26. The van der Waals surface area contributed by atoms with Gasteiger partial charge in [-0.1, -0.05) is 17.7 Å². The molecule has 0 aliphatic carbocycles. The molecule has 128 valence electrons. The number of hydrogen-bond acceptors (Lipinski definition) is 4. The van der Waals surface area contributed by atoms with Crippen LogP contribution in [0.2, 0.25) is 5.02 Å². The first-order chi connectivity index (χ1) is 11.6. The average Bonchev–Trinajstić information content (AvgIpc) is 2.60. The van der Waals surface area contributed by atoms with E-state index in [1.165, 1.54) is 0 Å². The normalized spacial score (nSPS) is 10.1. The minimum absolute atomic E-state index is 0.0278. The molecule has 2 aromatic rings. The van der Waals surface area contributed by atoms with Crippen molar-refractivity contribution in [3.05, 3.63) is 53.6 Å². The fraction of sp³-hybridized carbons (Fsp3) is 0.278. The van der Waals surface area contributed by atoms with E-state index in [0.29, 0.717) is 29.7 Å². The Morgan fingerprint density at radius 3 is 2.42 bits per heavy atom. The van der Waals surface area contributed by atoms with E-state index in [2.05, 4.69) is 0 Å². The van der Waals surface area contributed by atoms with Gasteiger partial charge in [0, 0.05) is 12.1 Å². The van der Waals surface area contributed by atoms with Gasteiger partial charge in [0.1, 0.15) is 23.9 Å². The molecule has 2 rings (SSSR count). The second kappa shape index (κ2) is 9.03. The molecular formula is C18H20ClNO4. The van der Waals surface area contributed by atoms with Crippen LogP contribution in [-0.2, 0) is 4.79 Å². The molecule has 6 heteroatoms. The summed E-state index contributed by atoms with van der Waals surface area (Å²) in [4.78, 5) is 13.6. The third-order valence-electron chi connectivity index (χ3n) is 3.34. The van der Waals surface area contributed by atoms with Crippen LogP contribution < -0.4 is 14.2 Å². The van der Waals surface area contributed by atoms with Crippen LogP contribution in [0, 0.1) is 0 Å². The minimum atomic E-state index is -0.125. The highest BCUT2D eigenvalue weighted by Gasteiger charge is 2.10. The van der Waals surface area contributed by atoms with Crippen molar-refractivity contribution in [3.8, 4) is 17.2 Å². The summed E-state index contributed by atoms with van der Waals surface area (Å²) >= 11 is 5.89. The molecule has 0 fully saturated rings. The Bertz CT molecular complexity index is 660. The quantitative estimate of drug-likeness (QED) is 0.734. The first-order valence-electron chi connectivity index (χ1n) is 7.47. The maximum Gasteiger partial charge on any atom is 0.260 e. The van der Waals surface area contributed by atoms with Gasteiger partial charge in [0.25, 0.3) is 5.91 Å². The van der Waals surface area contributed by atoms with E-state index < -0.39 is 0 Å². The number of methoxy groups -OCH3 is 1. The molecule has 0 saturated heterocycles. The van der Waals surface area contributed by atoms with Crippen LogP contribution in [0.25, 0.3) is 0 Å². The molecule has 0 N–H and O–H groups in total. The Morgan fingerprint density at radius 2 is 1.75 bits per heavy atom. The second-order valence-corrected chi connectivity index (χ2v) is 5.52. The predicted molar refractivity (Wildman–Crippen MR) is 93.1 cm³/mol. The largest absolute Gasteiger partial charge is 0.497 e. The van der Waals surface area contributed by atoms with Crippen molar-refractivity contribution in [1.82, 2.24) is 4.90 Å². The SMILES string of the molecule is COc1ccc(OCC(=O)N(C)CCOc2cccc(Cl)c2)cc1. The first-order valence-corrected chi connectivity index (χ1v) is 7.85. The number of halogens is 1. The van der Waals surface area contributed by atoms with E-state index in [1.54, 1.807) is 55.5 Å². The smallest absolute Gasteiger partial charge is 0.260 e. The molecule has 0 unspecified atom stereocenters. The highest BCUT2D eigenvalue weighted by molar-refractivity contribution is 6.30. The van der Waals surface area contributed by atoms with E-state index in [9.17, 15) is 4.79 Å². The molecule has 0 bridgehead atoms. The second-order valence-electron chi connectivity index (χ2n) is 5.09. The molecule has 0 aromatic heterocycles. The summed E-state index contributed by atoms with van der Waals surface area (Å²) in [6.45, 7) is 0.808. The standard InChI is InChI=1S/C18H20ClNO4/c1-20(10-11-23-17-5-3-4-14(19)12-17)18(21)13-24-16-8-6-15(22-2)7-9-16/h3-9,12H,10-11,13H2,1-2H3. The fourth-order valence-corrected chi connectivity index (χ4v) is 2.09. The lowest BCUT2D eigenvalue weighted by atomic mass is 10.3. The van der Waals surface area contributed by atoms with E-state index in [4.69, 9.17) is 25.8 Å². The number of nitrogens with zero attached hydrogens (tertiary/aromatic N) is 1. The average molecular weight is 350 g/mol. The maximum absolute atomic E-state index is 12.0. The number of amides is 1. The molecule has 0 saturated carbocycles. The van der Waals surface area contributed by atoms with Crippen LogP contribution in [0.5, 0.6) is 17.2 Å². The van der Waals surface area contributed by atoms with Gasteiger partial charge >= 0.3 is 0 Å². The van der Waals surface area contributed by atoms with Crippen LogP contribution in [0.1, 0.15) is 0 Å². The Kier molecular flexibility index (Phi) is 6.75. The third kappa shape index (κ3) is 5.66. The van der Waals surface area contributed by atoms with Gasteiger partial charge < -0.3 is 19.1 Å². The van der Waals surface area contributed by atoms with Gasteiger partial charge in [-0.05, 0) is 42.5 Å². The lowest BCUT2D eigenvalue weighted by Crippen LogP contribution is -2.34. The van der Waals surface area contributed by atoms with Crippen LogP contribution in [0.4, 0.5) is 0 Å². The number of carbonyl (C=O) groups is 1. The summed E-state index contributed by atoms with van der Waals surface area (Å²) in [5.41, 5.74) is 0. The summed E-state index contributed by atoms with van der Waals surface area (Å²) in [7, 11) is 3.31. The zero-order chi connectivity index (χ0) is 17.4. The van der Waals surface area contributed by atoms with E-state index in [-0.39, 0.29) is 12.5 Å². The zero-order valence-electron chi connectivity index (χ0n) is 13.7. The summed E-state index contributed by atoms with van der Waals surface area (Å²) in [6.07, 6.45) is 0. The Balaban J connectivity index is 1.71. The lowest BCUT2D eigenvalue weighted by molar-refractivity contribution is -0.132. The molecule has 0 heterocycles. The molecule has 0 aliphatic rings. The van der Waals surface area contributed by atoms with Gasteiger partial charge in [0.05, 0.1) is 13.7 Å². The number of hydrogen-bond donors (Lipinski definition) is 0. The van der Waals surface area contributed by atoms with Gasteiger partial charge in [-0.15, -0.1) is 0 Å². The molecule has 1 amide bonds. The Labute approximate surface area is 146 Å². The number of likely N-dealkylation sites (N-methyl/N-ethyl adjacent to an activating group) is 1. The van der Waals surface area contributed by atoms with Gasteiger partial charge in [-0.2, -0.15) is 0 Å². The van der Waals surface area contributed by atoms with Crippen molar-refractivity contribution in [3.63, 3.8) is 0 Å². The van der Waals surface area contributed by atoms with Crippen LogP contribution in [0.3, 0.4) is 0 Å². The van der Waals surface area contributed by atoms with Crippen molar-refractivity contribution in [2.75, 3.05) is 33.9 Å². The number of rotatable bonds is 8. The number of ether oxygens (including phenoxy) is 3. The van der Waals surface area contributed by atoms with Crippen molar-refractivity contribution < 1.29 is 19.0 Å². The lowest BCUT2D eigenvalue weighted by Gasteiger charge is -2.18. The molecule has 0 spiro atoms. The molecule has 2 aromatic carbocycles. The van der Waals surface area contributed by atoms with E-state index in [1.807, 2.05) is 12.1 Å². The zero-order valence-corrected chi connectivity index (χ0v) is 14.5. The highest BCUT2D eigenvalue weighted by Crippen LogP contribution is 2.18. The van der Waals surface area contributed by atoms with Crippen LogP contribution >= 0.6 is 11.6 Å². The topological polar surface area (TPSA) is 48.0 Å². The van der Waals surface area contributed by atoms with Gasteiger partial charge in [0.2, 0.25) is 0 Å². The Hall–Kier alpha value is -2.40. The summed E-state index contributed by atoms with van der Waals surface area (Å²) in [5.74, 6) is 1.91. The molecule has 24 heavy (non-hydrogen) atoms. The fourth-order valence-electron chi connectivity index (χ4n) is 1.91. The first kappa shape index (κ1) is 17.9. The number of benzene rings is 2. The minimum Gasteiger partial charge on any atom is -0.497 e. The van der Waals surface area contributed by atoms with Gasteiger partial charge in [-0.3, -0.25) is 4.79 Å². The van der Waals surface area contributed by atoms with Crippen molar-refractivity contribution in [2.24, 2.45) is 0 Å². The monoisotopic (exact) mass is 349 g/mol. The highest BCUT2D eigenvalue weighted by atomic mass is 35.5. The Morgan fingerprint density at radius 1 is 1.04 bits per heavy atom. The molecule has 0 aliphatic heterocycles. The maximum atomic E-state index is 12.0. The van der Waals surface area contributed by atoms with E-state index >= 15 is 0 Å². The van der Waals surface area contributed by atoms with E-state index in [0.717, 1.165) is 5.75 Å². The summed E-state index contributed by atoms with van der Waals surface area (Å²) < 4.78 is 16.1. The van der Waals surface area contributed by atoms with Crippen molar-refractivity contribution in [2.45, 2.75) is 0 Å². The van der Waals surface area contributed by atoms with Crippen molar-refractivity contribution in [1.29, 1.82) is 0 Å². The molecule has 5 nitrogen and oxygen atoms in total.